The summed E-state index contributed by atoms with van der Waals surface area (Å²) < 4.78 is 0. The molecule has 0 bridgehead atoms. The van der Waals surface area contributed by atoms with Crippen LogP contribution in [0.3, 0.4) is 0 Å². The predicted octanol–water partition coefficient (Wildman–Crippen LogP) is 9.59. The van der Waals surface area contributed by atoms with Gasteiger partial charge in [-0.2, -0.15) is 0 Å². The van der Waals surface area contributed by atoms with Crippen LogP contribution in [0.4, 0.5) is 0 Å². The monoisotopic (exact) mass is 429 g/mol. The van der Waals surface area contributed by atoms with Gasteiger partial charge in [0, 0.05) is 0 Å². The molecule has 0 saturated heterocycles. The Balaban J connectivity index is 1.92. The lowest BCUT2D eigenvalue weighted by atomic mass is 10.0. The number of hydrogen-bond donors (Lipinski definition) is 0. The fraction of sp³-hybridized carbons (Fsp3) is 0.800. The summed E-state index contributed by atoms with van der Waals surface area (Å²) in [6, 6.07) is 11.0. The Morgan fingerprint density at radius 3 is 1.29 bits per heavy atom. The van der Waals surface area contributed by atoms with Gasteiger partial charge >= 0.3 is 0 Å². The standard InChI is InChI=1S/C30H55N/c1-3-5-7-21-27-31(28-22-8-6-4-2)29-23-16-14-12-10-9-11-13-15-18-24-30-25-19-17-20-26-30/h17,19-20,25-26H,3-16,18,21-24,27-29H2,1-2H3. The minimum atomic E-state index is 1.26. The van der Waals surface area contributed by atoms with Crippen molar-refractivity contribution in [1.29, 1.82) is 0 Å². The van der Waals surface area contributed by atoms with Crippen LogP contribution in [0.2, 0.25) is 0 Å². The van der Waals surface area contributed by atoms with Crippen LogP contribution in [0.5, 0.6) is 0 Å². The molecule has 1 nitrogen and oxygen atoms in total. The number of nitrogens with zero attached hydrogens (tertiary/aromatic N) is 1. The van der Waals surface area contributed by atoms with Crippen molar-refractivity contribution in [3.63, 3.8) is 0 Å². The van der Waals surface area contributed by atoms with E-state index in [1.807, 2.05) is 0 Å². The van der Waals surface area contributed by atoms with Crippen molar-refractivity contribution in [2.75, 3.05) is 19.6 Å². The largest absolute Gasteiger partial charge is 0.303 e. The van der Waals surface area contributed by atoms with Gasteiger partial charge in [0.2, 0.25) is 0 Å². The fourth-order valence-electron chi connectivity index (χ4n) is 4.58. The molecular formula is C30H55N. The average Bonchev–Trinajstić information content (AvgIpc) is 2.80. The van der Waals surface area contributed by atoms with Gasteiger partial charge in [0.15, 0.2) is 0 Å². The van der Waals surface area contributed by atoms with Gasteiger partial charge in [0.05, 0.1) is 0 Å². The molecule has 0 spiro atoms. The van der Waals surface area contributed by atoms with Crippen LogP contribution >= 0.6 is 0 Å². The second-order valence-corrected chi connectivity index (χ2v) is 9.73. The maximum atomic E-state index is 2.78. The molecule has 0 aromatic heterocycles. The third kappa shape index (κ3) is 18.5. The molecule has 1 aromatic rings. The van der Waals surface area contributed by atoms with Gasteiger partial charge < -0.3 is 4.90 Å². The smallest absolute Gasteiger partial charge is 0.00187 e. The minimum absolute atomic E-state index is 1.26. The molecule has 0 radical (unpaired) electrons. The van der Waals surface area contributed by atoms with Gasteiger partial charge in [-0.25, -0.2) is 0 Å². The fourth-order valence-corrected chi connectivity index (χ4v) is 4.58. The molecule has 0 N–H and O–H groups in total. The summed E-state index contributed by atoms with van der Waals surface area (Å²) >= 11 is 0. The molecule has 0 fully saturated rings. The lowest BCUT2D eigenvalue weighted by Gasteiger charge is -2.22. The minimum Gasteiger partial charge on any atom is -0.303 e. The SMILES string of the molecule is CCCCCCN(CCCCCC)CCCCCCCCCCCCc1ccccc1. The van der Waals surface area contributed by atoms with Crippen molar-refractivity contribution in [3.8, 4) is 0 Å². The quantitative estimate of drug-likeness (QED) is 0.156. The second-order valence-electron chi connectivity index (χ2n) is 9.73. The van der Waals surface area contributed by atoms with Crippen molar-refractivity contribution in [3.05, 3.63) is 35.9 Å². The van der Waals surface area contributed by atoms with Crippen LogP contribution in [0.15, 0.2) is 30.3 Å². The van der Waals surface area contributed by atoms with Crippen molar-refractivity contribution in [1.82, 2.24) is 4.90 Å². The van der Waals surface area contributed by atoms with Gasteiger partial charge in [-0.05, 0) is 57.3 Å². The van der Waals surface area contributed by atoms with Crippen LogP contribution < -0.4 is 0 Å². The molecule has 0 heterocycles. The summed E-state index contributed by atoms with van der Waals surface area (Å²) in [5.41, 5.74) is 1.50. The highest BCUT2D eigenvalue weighted by Gasteiger charge is 2.04. The molecule has 0 aliphatic heterocycles. The normalized spacial score (nSPS) is 11.5. The lowest BCUT2D eigenvalue weighted by Crippen LogP contribution is -2.27. The molecule has 0 atom stereocenters. The number of rotatable bonds is 23. The summed E-state index contributed by atoms with van der Waals surface area (Å²) in [7, 11) is 0. The molecule has 0 amide bonds. The molecule has 0 aliphatic rings. The van der Waals surface area contributed by atoms with E-state index in [9.17, 15) is 0 Å². The maximum absolute atomic E-state index is 2.78. The zero-order valence-corrected chi connectivity index (χ0v) is 21.4. The third-order valence-electron chi connectivity index (χ3n) is 6.69. The zero-order valence-electron chi connectivity index (χ0n) is 21.4. The second kappa shape index (κ2) is 22.4. The maximum Gasteiger partial charge on any atom is -0.00187 e. The van der Waals surface area contributed by atoms with Crippen LogP contribution in [-0.4, -0.2) is 24.5 Å². The summed E-state index contributed by atoms with van der Waals surface area (Å²) in [5, 5.41) is 0. The Morgan fingerprint density at radius 1 is 0.452 bits per heavy atom. The van der Waals surface area contributed by atoms with E-state index in [2.05, 4.69) is 49.1 Å². The first kappa shape index (κ1) is 28.2. The van der Waals surface area contributed by atoms with Crippen molar-refractivity contribution >= 4 is 0 Å². The van der Waals surface area contributed by atoms with Gasteiger partial charge in [-0.15, -0.1) is 0 Å². The Labute approximate surface area is 196 Å². The number of benzene rings is 1. The Hall–Kier alpha value is -0.820. The molecule has 0 aliphatic carbocycles. The molecule has 180 valence electrons. The first-order chi connectivity index (χ1) is 15.4. The molecule has 0 unspecified atom stereocenters. The van der Waals surface area contributed by atoms with Gasteiger partial charge in [-0.1, -0.05) is 134 Å². The predicted molar refractivity (Wildman–Crippen MR) is 141 cm³/mol. The van der Waals surface area contributed by atoms with E-state index in [0.29, 0.717) is 0 Å². The van der Waals surface area contributed by atoms with E-state index in [-0.39, 0.29) is 0 Å². The highest BCUT2D eigenvalue weighted by molar-refractivity contribution is 5.14. The number of aryl methyl sites for hydroxylation is 1. The highest BCUT2D eigenvalue weighted by atomic mass is 15.1. The highest BCUT2D eigenvalue weighted by Crippen LogP contribution is 2.13. The summed E-state index contributed by atoms with van der Waals surface area (Å²) in [4.78, 5) is 2.78. The molecule has 0 saturated carbocycles. The lowest BCUT2D eigenvalue weighted by molar-refractivity contribution is 0.254. The van der Waals surface area contributed by atoms with E-state index < -0.39 is 0 Å². The average molecular weight is 430 g/mol. The first-order valence-electron chi connectivity index (χ1n) is 14.1. The first-order valence-corrected chi connectivity index (χ1v) is 14.1. The van der Waals surface area contributed by atoms with E-state index in [1.165, 1.54) is 147 Å². The summed E-state index contributed by atoms with van der Waals surface area (Å²) in [5.74, 6) is 0. The van der Waals surface area contributed by atoms with Gasteiger partial charge in [0.1, 0.15) is 0 Å². The summed E-state index contributed by atoms with van der Waals surface area (Å²) in [6.45, 7) is 8.66. The van der Waals surface area contributed by atoms with Crippen LogP contribution in [0, 0.1) is 0 Å². The van der Waals surface area contributed by atoms with Gasteiger partial charge in [0.25, 0.3) is 0 Å². The van der Waals surface area contributed by atoms with Crippen LogP contribution in [0.25, 0.3) is 0 Å². The Kier molecular flexibility index (Phi) is 20.4. The summed E-state index contributed by atoms with van der Waals surface area (Å²) in [6.07, 6.45) is 26.8. The van der Waals surface area contributed by atoms with E-state index in [4.69, 9.17) is 0 Å². The Bertz CT molecular complexity index is 443. The van der Waals surface area contributed by atoms with Crippen LogP contribution in [-0.2, 0) is 6.42 Å². The van der Waals surface area contributed by atoms with Crippen molar-refractivity contribution in [2.45, 2.75) is 136 Å². The van der Waals surface area contributed by atoms with E-state index in [1.54, 1.807) is 0 Å². The number of unbranched alkanes of at least 4 members (excludes halogenated alkanes) is 15. The molecule has 1 heteroatoms. The topological polar surface area (TPSA) is 3.24 Å². The molecule has 1 rings (SSSR count). The third-order valence-corrected chi connectivity index (χ3v) is 6.69. The number of hydrogen-bond acceptors (Lipinski definition) is 1. The molecule has 31 heavy (non-hydrogen) atoms. The molecular weight excluding hydrogens is 374 g/mol. The van der Waals surface area contributed by atoms with Crippen LogP contribution in [0.1, 0.15) is 135 Å². The van der Waals surface area contributed by atoms with E-state index >= 15 is 0 Å². The van der Waals surface area contributed by atoms with E-state index in [0.717, 1.165) is 0 Å². The zero-order chi connectivity index (χ0) is 22.2. The van der Waals surface area contributed by atoms with Crippen molar-refractivity contribution < 1.29 is 0 Å². The Morgan fingerprint density at radius 2 is 0.839 bits per heavy atom. The van der Waals surface area contributed by atoms with Crippen molar-refractivity contribution in [2.24, 2.45) is 0 Å². The van der Waals surface area contributed by atoms with Gasteiger partial charge in [-0.3, -0.25) is 0 Å². The molecule has 1 aromatic carbocycles.